The molecular formula is C22H22O5. The van der Waals surface area contributed by atoms with Crippen LogP contribution in [0.2, 0.25) is 0 Å². The Kier molecular flexibility index (Phi) is 5.31. The number of aryl methyl sites for hydroxylation is 1. The lowest BCUT2D eigenvalue weighted by Crippen LogP contribution is -2.20. The lowest BCUT2D eigenvalue weighted by molar-refractivity contribution is -0.137. The molecule has 0 unspecified atom stereocenters. The van der Waals surface area contributed by atoms with E-state index in [1.165, 1.54) is 0 Å². The number of methoxy groups -OCH3 is 1. The minimum absolute atomic E-state index is 0.0837. The van der Waals surface area contributed by atoms with E-state index >= 15 is 0 Å². The van der Waals surface area contributed by atoms with Crippen molar-refractivity contribution in [2.24, 2.45) is 5.92 Å². The summed E-state index contributed by atoms with van der Waals surface area (Å²) in [4.78, 5) is 25.3. The molecule has 0 amide bonds. The lowest BCUT2D eigenvalue weighted by atomic mass is 10.1. The van der Waals surface area contributed by atoms with Gasteiger partial charge in [-0.2, -0.15) is 0 Å². The van der Waals surface area contributed by atoms with Gasteiger partial charge in [0.05, 0.1) is 18.4 Å². The maximum Gasteiger partial charge on any atom is 0.314 e. The van der Waals surface area contributed by atoms with Gasteiger partial charge in [-0.05, 0) is 48.4 Å². The Labute approximate surface area is 157 Å². The molecule has 140 valence electrons. The maximum atomic E-state index is 13.1. The van der Waals surface area contributed by atoms with Crippen molar-refractivity contribution in [3.05, 3.63) is 58.3 Å². The number of hydrogen-bond acceptors (Lipinski definition) is 5. The van der Waals surface area contributed by atoms with Crippen LogP contribution in [-0.2, 0) is 11.2 Å². The second-order valence-corrected chi connectivity index (χ2v) is 6.58. The number of esters is 1. The van der Waals surface area contributed by atoms with Crippen molar-refractivity contribution in [3.8, 4) is 22.8 Å². The molecule has 1 heterocycles. The average molecular weight is 366 g/mol. The average Bonchev–Trinajstić information content (AvgIpc) is 2.69. The molecule has 3 aromatic rings. The summed E-state index contributed by atoms with van der Waals surface area (Å²) in [6.45, 7) is 5.44. The molecule has 5 nitrogen and oxygen atoms in total. The first kappa shape index (κ1) is 18.7. The fourth-order valence-electron chi connectivity index (χ4n) is 2.69. The molecule has 0 saturated carbocycles. The van der Waals surface area contributed by atoms with Crippen LogP contribution in [0.1, 0.15) is 26.3 Å². The van der Waals surface area contributed by atoms with Gasteiger partial charge in [-0.1, -0.05) is 26.8 Å². The van der Waals surface area contributed by atoms with Gasteiger partial charge in [0.2, 0.25) is 11.2 Å². The summed E-state index contributed by atoms with van der Waals surface area (Å²) in [5, 5.41) is 0.401. The highest BCUT2D eigenvalue weighted by Crippen LogP contribution is 2.32. The van der Waals surface area contributed by atoms with Crippen molar-refractivity contribution < 1.29 is 18.7 Å². The smallest absolute Gasteiger partial charge is 0.314 e. The Morgan fingerprint density at radius 3 is 2.41 bits per heavy atom. The van der Waals surface area contributed by atoms with Gasteiger partial charge in [-0.25, -0.2) is 0 Å². The summed E-state index contributed by atoms with van der Waals surface area (Å²) in [6, 6.07) is 12.5. The second-order valence-electron chi connectivity index (χ2n) is 6.58. The normalized spacial score (nSPS) is 11.0. The third kappa shape index (κ3) is 3.72. The third-order valence-electron chi connectivity index (χ3n) is 4.35. The first-order valence-electron chi connectivity index (χ1n) is 8.90. The van der Waals surface area contributed by atoms with Crippen LogP contribution in [0.15, 0.2) is 51.7 Å². The first-order valence-corrected chi connectivity index (χ1v) is 8.90. The lowest BCUT2D eigenvalue weighted by Gasteiger charge is -2.12. The van der Waals surface area contributed by atoms with E-state index in [9.17, 15) is 9.59 Å². The van der Waals surface area contributed by atoms with Crippen molar-refractivity contribution in [2.45, 2.75) is 27.2 Å². The fraction of sp³-hybridized carbons (Fsp3) is 0.273. The van der Waals surface area contributed by atoms with Crippen LogP contribution in [0, 0.1) is 5.92 Å². The van der Waals surface area contributed by atoms with Gasteiger partial charge in [0.1, 0.15) is 11.3 Å². The quantitative estimate of drug-likeness (QED) is 0.618. The van der Waals surface area contributed by atoms with Crippen LogP contribution in [-0.4, -0.2) is 13.1 Å². The van der Waals surface area contributed by atoms with Gasteiger partial charge < -0.3 is 13.9 Å². The molecule has 0 aliphatic carbocycles. The molecule has 0 N–H and O–H groups in total. The zero-order valence-electron chi connectivity index (χ0n) is 15.9. The molecule has 1 aromatic heterocycles. The largest absolute Gasteiger partial charge is 0.497 e. The number of carbonyl (C=O) groups is 1. The highest BCUT2D eigenvalue weighted by Gasteiger charge is 2.22. The standard InChI is InChI=1S/C22H22O5/c1-5-14-6-11-18-17(12-14)19(23)21(27-22(24)13(2)3)20(26-18)15-7-9-16(25-4)10-8-15/h6-13H,5H2,1-4H3. The molecule has 0 saturated heterocycles. The summed E-state index contributed by atoms with van der Waals surface area (Å²) in [6.07, 6.45) is 0.788. The molecule has 3 rings (SSSR count). The Hall–Kier alpha value is -3.08. The molecule has 0 fully saturated rings. The molecular weight excluding hydrogens is 344 g/mol. The first-order chi connectivity index (χ1) is 12.9. The van der Waals surface area contributed by atoms with E-state index in [2.05, 4.69) is 0 Å². The Morgan fingerprint density at radius 1 is 1.11 bits per heavy atom. The summed E-state index contributed by atoms with van der Waals surface area (Å²) < 4.78 is 16.6. The van der Waals surface area contributed by atoms with Gasteiger partial charge in [0.25, 0.3) is 0 Å². The van der Waals surface area contributed by atoms with E-state index in [-0.39, 0.29) is 22.9 Å². The van der Waals surface area contributed by atoms with E-state index < -0.39 is 5.97 Å². The number of rotatable bonds is 5. The molecule has 0 aliphatic rings. The summed E-state index contributed by atoms with van der Waals surface area (Å²) in [7, 11) is 1.58. The van der Waals surface area contributed by atoms with Crippen LogP contribution >= 0.6 is 0 Å². The maximum absolute atomic E-state index is 13.1. The zero-order valence-corrected chi connectivity index (χ0v) is 15.9. The number of fused-ring (bicyclic) bond motifs is 1. The summed E-state index contributed by atoms with van der Waals surface area (Å²) in [5.41, 5.74) is 1.73. The summed E-state index contributed by atoms with van der Waals surface area (Å²) >= 11 is 0. The number of hydrogen-bond donors (Lipinski definition) is 0. The van der Waals surface area contributed by atoms with Gasteiger partial charge in [-0.15, -0.1) is 0 Å². The van der Waals surface area contributed by atoms with Gasteiger partial charge >= 0.3 is 5.97 Å². The van der Waals surface area contributed by atoms with Crippen LogP contribution in [0.3, 0.4) is 0 Å². The molecule has 27 heavy (non-hydrogen) atoms. The highest BCUT2D eigenvalue weighted by atomic mass is 16.5. The number of benzene rings is 2. The number of carbonyl (C=O) groups excluding carboxylic acids is 1. The highest BCUT2D eigenvalue weighted by molar-refractivity contribution is 5.85. The SMILES string of the molecule is CCc1ccc2oc(-c3ccc(OC)cc3)c(OC(=O)C(C)C)c(=O)c2c1. The van der Waals surface area contributed by atoms with Crippen molar-refractivity contribution in [3.63, 3.8) is 0 Å². The Bertz CT molecular complexity index is 1030. The molecule has 2 aromatic carbocycles. The topological polar surface area (TPSA) is 65.7 Å². The predicted octanol–water partition coefficient (Wildman–Crippen LogP) is 4.59. The fourth-order valence-corrected chi connectivity index (χ4v) is 2.69. The van der Waals surface area contributed by atoms with Gasteiger partial charge in [-0.3, -0.25) is 9.59 Å². The molecule has 0 spiro atoms. The van der Waals surface area contributed by atoms with E-state index in [0.717, 1.165) is 12.0 Å². The monoisotopic (exact) mass is 366 g/mol. The zero-order chi connectivity index (χ0) is 19.6. The van der Waals surface area contributed by atoms with Crippen molar-refractivity contribution >= 4 is 16.9 Å². The van der Waals surface area contributed by atoms with Gasteiger partial charge in [0, 0.05) is 5.56 Å². The van der Waals surface area contributed by atoms with E-state index in [1.54, 1.807) is 57.4 Å². The molecule has 0 atom stereocenters. The molecule has 0 aliphatic heterocycles. The van der Waals surface area contributed by atoms with Crippen LogP contribution in [0.25, 0.3) is 22.3 Å². The minimum atomic E-state index is -0.483. The molecule has 5 heteroatoms. The minimum Gasteiger partial charge on any atom is -0.497 e. The summed E-state index contributed by atoms with van der Waals surface area (Å²) in [5.74, 6) is -0.0305. The molecule has 0 radical (unpaired) electrons. The van der Waals surface area contributed by atoms with Crippen molar-refractivity contribution in [1.29, 1.82) is 0 Å². The third-order valence-corrected chi connectivity index (χ3v) is 4.35. The van der Waals surface area contributed by atoms with E-state index in [4.69, 9.17) is 13.9 Å². The van der Waals surface area contributed by atoms with Gasteiger partial charge in [0.15, 0.2) is 5.76 Å². The van der Waals surface area contributed by atoms with Crippen molar-refractivity contribution in [1.82, 2.24) is 0 Å². The Morgan fingerprint density at radius 2 is 1.81 bits per heavy atom. The predicted molar refractivity (Wildman–Crippen MR) is 104 cm³/mol. The van der Waals surface area contributed by atoms with E-state index in [0.29, 0.717) is 22.3 Å². The Balaban J connectivity index is 2.25. The number of ether oxygens (including phenoxy) is 2. The van der Waals surface area contributed by atoms with Crippen LogP contribution in [0.4, 0.5) is 0 Å². The van der Waals surface area contributed by atoms with Crippen molar-refractivity contribution in [2.75, 3.05) is 7.11 Å². The van der Waals surface area contributed by atoms with E-state index in [1.807, 2.05) is 13.0 Å². The van der Waals surface area contributed by atoms with Crippen LogP contribution < -0.4 is 14.9 Å². The second kappa shape index (κ2) is 7.66. The van der Waals surface area contributed by atoms with Crippen LogP contribution in [0.5, 0.6) is 11.5 Å². The molecule has 0 bridgehead atoms.